The standard InChI is InChI=1S/C12H7N3O4/c16-10-8-7(11(17)18)5-3-1-2-4-6(5)13-9(8)14-12(19)15-10/h1-4H,(H,17,18)(H2,13,14,15,16,19). The van der Waals surface area contributed by atoms with E-state index in [0.717, 1.165) is 0 Å². The molecule has 3 N–H and O–H groups in total. The Hall–Kier alpha value is -2.96. The van der Waals surface area contributed by atoms with Crippen LogP contribution in [-0.2, 0) is 0 Å². The number of carboxylic acid groups (broad SMARTS) is 1. The van der Waals surface area contributed by atoms with Crippen LogP contribution < -0.4 is 11.2 Å². The van der Waals surface area contributed by atoms with E-state index in [2.05, 4.69) is 9.97 Å². The number of carboxylic acids is 1. The minimum absolute atomic E-state index is 0.0372. The van der Waals surface area contributed by atoms with Crippen LogP contribution in [0.1, 0.15) is 10.4 Å². The second-order valence-corrected chi connectivity index (χ2v) is 3.94. The lowest BCUT2D eigenvalue weighted by atomic mass is 10.1. The third-order valence-corrected chi connectivity index (χ3v) is 2.79. The Morgan fingerprint density at radius 3 is 2.63 bits per heavy atom. The average Bonchev–Trinajstić information content (AvgIpc) is 2.35. The van der Waals surface area contributed by atoms with Crippen LogP contribution >= 0.6 is 0 Å². The number of aromatic carboxylic acids is 1. The largest absolute Gasteiger partial charge is 0.478 e. The predicted molar refractivity (Wildman–Crippen MR) is 67.4 cm³/mol. The van der Waals surface area contributed by atoms with Gasteiger partial charge in [0.1, 0.15) is 5.65 Å². The Morgan fingerprint density at radius 1 is 1.16 bits per heavy atom. The Morgan fingerprint density at radius 2 is 1.89 bits per heavy atom. The molecule has 0 aliphatic carbocycles. The van der Waals surface area contributed by atoms with Crippen molar-refractivity contribution in [1.82, 2.24) is 15.0 Å². The first-order valence-corrected chi connectivity index (χ1v) is 5.36. The van der Waals surface area contributed by atoms with Crippen molar-refractivity contribution in [2.45, 2.75) is 0 Å². The minimum Gasteiger partial charge on any atom is -0.478 e. The number of carbonyl (C=O) groups is 1. The number of rotatable bonds is 1. The molecule has 0 saturated carbocycles. The third kappa shape index (κ3) is 1.60. The van der Waals surface area contributed by atoms with Gasteiger partial charge in [-0.15, -0.1) is 0 Å². The van der Waals surface area contributed by atoms with Gasteiger partial charge in [-0.1, -0.05) is 18.2 Å². The molecule has 3 rings (SSSR count). The van der Waals surface area contributed by atoms with Crippen LogP contribution in [0.25, 0.3) is 21.9 Å². The van der Waals surface area contributed by atoms with Crippen LogP contribution in [0.2, 0.25) is 0 Å². The van der Waals surface area contributed by atoms with Crippen molar-refractivity contribution in [3.63, 3.8) is 0 Å². The monoisotopic (exact) mass is 257 g/mol. The molecule has 2 heterocycles. The van der Waals surface area contributed by atoms with E-state index < -0.39 is 17.2 Å². The molecule has 0 amide bonds. The van der Waals surface area contributed by atoms with Gasteiger partial charge >= 0.3 is 11.7 Å². The summed E-state index contributed by atoms with van der Waals surface area (Å²) in [5.74, 6) is -1.25. The van der Waals surface area contributed by atoms with Gasteiger partial charge in [0.25, 0.3) is 5.56 Å². The summed E-state index contributed by atoms with van der Waals surface area (Å²) in [6.07, 6.45) is 0. The molecular weight excluding hydrogens is 250 g/mol. The quantitative estimate of drug-likeness (QED) is 0.548. The van der Waals surface area contributed by atoms with Crippen molar-refractivity contribution < 1.29 is 9.90 Å². The first kappa shape index (κ1) is 11.1. The van der Waals surface area contributed by atoms with E-state index in [9.17, 15) is 19.5 Å². The molecule has 0 aliphatic heterocycles. The molecule has 0 spiro atoms. The van der Waals surface area contributed by atoms with E-state index in [1.54, 1.807) is 24.3 Å². The van der Waals surface area contributed by atoms with Gasteiger partial charge < -0.3 is 5.11 Å². The molecule has 0 aliphatic rings. The van der Waals surface area contributed by atoms with Gasteiger partial charge in [0.05, 0.1) is 16.5 Å². The number of pyridine rings is 1. The van der Waals surface area contributed by atoms with Gasteiger partial charge in [0.2, 0.25) is 0 Å². The Balaban J connectivity index is 2.72. The van der Waals surface area contributed by atoms with Crippen LogP contribution in [0.4, 0.5) is 0 Å². The maximum Gasteiger partial charge on any atom is 0.337 e. The van der Waals surface area contributed by atoms with Crippen molar-refractivity contribution in [3.8, 4) is 0 Å². The van der Waals surface area contributed by atoms with Gasteiger partial charge in [-0.3, -0.25) is 14.8 Å². The highest BCUT2D eigenvalue weighted by Gasteiger charge is 2.18. The zero-order chi connectivity index (χ0) is 13.6. The van der Waals surface area contributed by atoms with Gasteiger partial charge in [0, 0.05) is 5.39 Å². The number of hydrogen-bond acceptors (Lipinski definition) is 4. The van der Waals surface area contributed by atoms with Gasteiger partial charge in [-0.25, -0.2) is 14.6 Å². The number of para-hydroxylation sites is 1. The fourth-order valence-corrected chi connectivity index (χ4v) is 2.05. The predicted octanol–water partition coefficient (Wildman–Crippen LogP) is 0.463. The first-order chi connectivity index (χ1) is 9.08. The zero-order valence-electron chi connectivity index (χ0n) is 9.43. The van der Waals surface area contributed by atoms with Crippen molar-refractivity contribution in [2.24, 2.45) is 0 Å². The number of nitrogens with one attached hydrogen (secondary N) is 2. The van der Waals surface area contributed by atoms with E-state index in [0.29, 0.717) is 10.9 Å². The van der Waals surface area contributed by atoms with E-state index in [1.165, 1.54) is 0 Å². The normalized spacial score (nSPS) is 10.9. The molecule has 7 nitrogen and oxygen atoms in total. The molecule has 0 fully saturated rings. The Kier molecular flexibility index (Phi) is 2.21. The number of aromatic nitrogens is 3. The topological polar surface area (TPSA) is 116 Å². The van der Waals surface area contributed by atoms with E-state index >= 15 is 0 Å². The summed E-state index contributed by atoms with van der Waals surface area (Å²) in [6, 6.07) is 6.52. The number of benzene rings is 1. The molecule has 3 aromatic rings. The number of aromatic amines is 2. The molecular formula is C12H7N3O4. The molecule has 0 unspecified atom stereocenters. The van der Waals surface area contributed by atoms with Crippen molar-refractivity contribution in [1.29, 1.82) is 0 Å². The molecule has 19 heavy (non-hydrogen) atoms. The van der Waals surface area contributed by atoms with Crippen LogP contribution in [0.3, 0.4) is 0 Å². The average molecular weight is 257 g/mol. The molecule has 0 atom stereocenters. The van der Waals surface area contributed by atoms with Crippen LogP contribution in [0.5, 0.6) is 0 Å². The zero-order valence-corrected chi connectivity index (χ0v) is 9.43. The Labute approximate surface area is 104 Å². The molecule has 1 aromatic carbocycles. The van der Waals surface area contributed by atoms with E-state index in [-0.39, 0.29) is 16.6 Å². The smallest absolute Gasteiger partial charge is 0.337 e. The fraction of sp³-hybridized carbons (Fsp3) is 0. The molecule has 7 heteroatoms. The van der Waals surface area contributed by atoms with Gasteiger partial charge in [0.15, 0.2) is 0 Å². The van der Waals surface area contributed by atoms with Crippen LogP contribution in [-0.4, -0.2) is 26.0 Å². The summed E-state index contributed by atoms with van der Waals surface area (Å²) in [5.41, 5.74) is -1.30. The maximum absolute atomic E-state index is 11.8. The summed E-state index contributed by atoms with van der Waals surface area (Å²) in [7, 11) is 0. The highest BCUT2D eigenvalue weighted by atomic mass is 16.4. The van der Waals surface area contributed by atoms with Gasteiger partial charge in [-0.2, -0.15) is 0 Å². The molecule has 2 aromatic heterocycles. The van der Waals surface area contributed by atoms with Gasteiger partial charge in [-0.05, 0) is 6.07 Å². The number of H-pyrrole nitrogens is 2. The highest BCUT2D eigenvalue weighted by Crippen LogP contribution is 2.21. The second kappa shape index (κ2) is 3.77. The summed E-state index contributed by atoms with van der Waals surface area (Å²) in [4.78, 5) is 42.8. The maximum atomic E-state index is 11.8. The lowest BCUT2D eigenvalue weighted by Gasteiger charge is -2.05. The molecule has 94 valence electrons. The molecule has 0 bridgehead atoms. The van der Waals surface area contributed by atoms with Crippen LogP contribution in [0.15, 0.2) is 33.9 Å². The third-order valence-electron chi connectivity index (χ3n) is 2.79. The minimum atomic E-state index is -1.25. The first-order valence-electron chi connectivity index (χ1n) is 5.36. The summed E-state index contributed by atoms with van der Waals surface area (Å²) >= 11 is 0. The highest BCUT2D eigenvalue weighted by molar-refractivity contribution is 6.12. The summed E-state index contributed by atoms with van der Waals surface area (Å²) < 4.78 is 0. The Bertz CT molecular complexity index is 939. The van der Waals surface area contributed by atoms with Crippen LogP contribution in [0, 0.1) is 0 Å². The summed E-state index contributed by atoms with van der Waals surface area (Å²) in [5, 5.41) is 9.52. The molecule has 0 radical (unpaired) electrons. The SMILES string of the molecule is O=C(O)c1c2ccccc2nc2[nH]c(=O)[nH]c(=O)c12. The van der Waals surface area contributed by atoms with E-state index in [4.69, 9.17) is 0 Å². The van der Waals surface area contributed by atoms with E-state index in [1.807, 2.05) is 4.98 Å². The van der Waals surface area contributed by atoms with Crippen molar-refractivity contribution >= 4 is 27.9 Å². The van der Waals surface area contributed by atoms with Crippen molar-refractivity contribution in [2.75, 3.05) is 0 Å². The number of hydrogen-bond donors (Lipinski definition) is 3. The second-order valence-electron chi connectivity index (χ2n) is 3.94. The summed E-state index contributed by atoms with van der Waals surface area (Å²) in [6.45, 7) is 0. The fourth-order valence-electron chi connectivity index (χ4n) is 2.05. The number of fused-ring (bicyclic) bond motifs is 2. The lowest BCUT2D eigenvalue weighted by molar-refractivity contribution is 0.0701. The van der Waals surface area contributed by atoms with Crippen molar-refractivity contribution in [3.05, 3.63) is 50.7 Å². The molecule has 0 saturated heterocycles. The lowest BCUT2D eigenvalue weighted by Crippen LogP contribution is -2.24. The number of nitrogens with zero attached hydrogens (tertiary/aromatic N) is 1.